The van der Waals surface area contributed by atoms with Crippen molar-refractivity contribution < 1.29 is 32.7 Å². The summed E-state index contributed by atoms with van der Waals surface area (Å²) in [6, 6.07) is 4.30. The van der Waals surface area contributed by atoms with Gasteiger partial charge in [0.25, 0.3) is 0 Å². The Kier molecular flexibility index (Phi) is 6.97. The zero-order chi connectivity index (χ0) is 11.5. The van der Waals surface area contributed by atoms with Gasteiger partial charge in [-0.2, -0.15) is 0 Å². The number of nitrogens with zero attached hydrogens (tertiary/aromatic N) is 1. The van der Waals surface area contributed by atoms with Gasteiger partial charge in [-0.15, -0.1) is 0 Å². The summed E-state index contributed by atoms with van der Waals surface area (Å²) in [5.74, 6) is 1.33. The van der Waals surface area contributed by atoms with E-state index in [1.807, 2.05) is 12.4 Å². The van der Waals surface area contributed by atoms with Gasteiger partial charge < -0.3 is 0 Å². The molecule has 16 heavy (non-hydrogen) atoms. The molecule has 0 N–H and O–H groups in total. The van der Waals surface area contributed by atoms with Crippen LogP contribution in [0.5, 0.6) is 0 Å². The van der Waals surface area contributed by atoms with Gasteiger partial charge in [0.05, 0.1) is 0 Å². The zero-order valence-electron chi connectivity index (χ0n) is 11.2. The molecule has 1 unspecified atom stereocenters. The van der Waals surface area contributed by atoms with Gasteiger partial charge >= 0.3 is 0 Å². The van der Waals surface area contributed by atoms with Crippen LogP contribution in [0.4, 0.5) is 0 Å². The molecule has 87 valence electrons. The predicted octanol–water partition coefficient (Wildman–Crippen LogP) is 4.25. The molecule has 0 saturated carbocycles. The molecular formula is C14H23NY. The SMILES string of the molecule is CC(C)C(CC(C)(C)C)c1ccncc1.[Y]. The van der Waals surface area contributed by atoms with E-state index in [9.17, 15) is 0 Å². The number of hydrogen-bond acceptors (Lipinski definition) is 1. The van der Waals surface area contributed by atoms with Crippen LogP contribution in [0.1, 0.15) is 52.5 Å². The molecule has 0 spiro atoms. The second-order valence-corrected chi connectivity index (χ2v) is 5.90. The van der Waals surface area contributed by atoms with Crippen molar-refractivity contribution in [2.24, 2.45) is 11.3 Å². The van der Waals surface area contributed by atoms with Crippen LogP contribution in [0, 0.1) is 11.3 Å². The van der Waals surface area contributed by atoms with E-state index in [-0.39, 0.29) is 32.7 Å². The fourth-order valence-electron chi connectivity index (χ4n) is 2.01. The Bertz CT molecular complexity index is 287. The monoisotopic (exact) mass is 294 g/mol. The van der Waals surface area contributed by atoms with Crippen LogP contribution in [-0.4, -0.2) is 4.98 Å². The van der Waals surface area contributed by atoms with E-state index in [4.69, 9.17) is 0 Å². The van der Waals surface area contributed by atoms with Crippen molar-refractivity contribution >= 4 is 0 Å². The number of rotatable bonds is 3. The summed E-state index contributed by atoms with van der Waals surface area (Å²) in [6.45, 7) is 11.5. The summed E-state index contributed by atoms with van der Waals surface area (Å²) in [5.41, 5.74) is 1.81. The van der Waals surface area contributed by atoms with Crippen LogP contribution in [0.25, 0.3) is 0 Å². The molecule has 1 atom stereocenters. The third-order valence-electron chi connectivity index (χ3n) is 2.77. The molecule has 1 radical (unpaired) electrons. The minimum Gasteiger partial charge on any atom is -0.265 e. The molecule has 0 fully saturated rings. The van der Waals surface area contributed by atoms with Gasteiger partial charge in [0.1, 0.15) is 0 Å². The molecule has 1 heterocycles. The first-order chi connectivity index (χ1) is 6.90. The maximum absolute atomic E-state index is 4.08. The molecule has 1 aromatic rings. The Balaban J connectivity index is 0.00000225. The van der Waals surface area contributed by atoms with Crippen molar-refractivity contribution in [3.05, 3.63) is 30.1 Å². The fourth-order valence-corrected chi connectivity index (χ4v) is 2.01. The number of pyridine rings is 1. The molecule has 1 aromatic heterocycles. The summed E-state index contributed by atoms with van der Waals surface area (Å²) in [5, 5.41) is 0. The summed E-state index contributed by atoms with van der Waals surface area (Å²) in [7, 11) is 0. The first kappa shape index (κ1) is 16.3. The topological polar surface area (TPSA) is 12.9 Å². The summed E-state index contributed by atoms with van der Waals surface area (Å²) >= 11 is 0. The van der Waals surface area contributed by atoms with Crippen LogP contribution >= 0.6 is 0 Å². The molecule has 1 rings (SSSR count). The van der Waals surface area contributed by atoms with Gasteiger partial charge in [0.2, 0.25) is 0 Å². The van der Waals surface area contributed by atoms with E-state index in [1.165, 1.54) is 12.0 Å². The van der Waals surface area contributed by atoms with Gasteiger partial charge in [0.15, 0.2) is 0 Å². The molecule has 0 aliphatic carbocycles. The average Bonchev–Trinajstić information content (AvgIpc) is 2.14. The van der Waals surface area contributed by atoms with Gasteiger partial charge in [-0.3, -0.25) is 4.98 Å². The molecular weight excluding hydrogens is 271 g/mol. The van der Waals surface area contributed by atoms with E-state index in [0.717, 1.165) is 0 Å². The van der Waals surface area contributed by atoms with Gasteiger partial charge in [0, 0.05) is 45.1 Å². The molecule has 0 aliphatic heterocycles. The first-order valence-corrected chi connectivity index (χ1v) is 5.80. The molecule has 0 bridgehead atoms. The largest absolute Gasteiger partial charge is 0.265 e. The van der Waals surface area contributed by atoms with Crippen molar-refractivity contribution in [1.29, 1.82) is 0 Å². The normalized spacial score (nSPS) is 13.4. The Labute approximate surface area is 125 Å². The van der Waals surface area contributed by atoms with E-state index in [1.54, 1.807) is 0 Å². The van der Waals surface area contributed by atoms with Gasteiger partial charge in [-0.1, -0.05) is 34.6 Å². The van der Waals surface area contributed by atoms with E-state index >= 15 is 0 Å². The molecule has 2 heteroatoms. The van der Waals surface area contributed by atoms with E-state index in [2.05, 4.69) is 51.7 Å². The van der Waals surface area contributed by atoms with Crippen molar-refractivity contribution in [3.63, 3.8) is 0 Å². The second-order valence-electron chi connectivity index (χ2n) is 5.90. The van der Waals surface area contributed by atoms with Crippen LogP contribution in [0.15, 0.2) is 24.5 Å². The van der Waals surface area contributed by atoms with E-state index < -0.39 is 0 Å². The fraction of sp³-hybridized carbons (Fsp3) is 0.643. The van der Waals surface area contributed by atoms with Crippen molar-refractivity contribution in [2.45, 2.75) is 47.0 Å². The molecule has 1 nitrogen and oxygen atoms in total. The zero-order valence-corrected chi connectivity index (χ0v) is 14.0. The maximum Gasteiger partial charge on any atom is 0.0270 e. The van der Waals surface area contributed by atoms with Crippen LogP contribution in [0.3, 0.4) is 0 Å². The van der Waals surface area contributed by atoms with Gasteiger partial charge in [-0.05, 0) is 41.4 Å². The minimum absolute atomic E-state index is 0. The minimum atomic E-state index is 0. The van der Waals surface area contributed by atoms with Crippen LogP contribution < -0.4 is 0 Å². The summed E-state index contributed by atoms with van der Waals surface area (Å²) < 4.78 is 0. The predicted molar refractivity (Wildman–Crippen MR) is 65.9 cm³/mol. The van der Waals surface area contributed by atoms with Crippen molar-refractivity contribution in [1.82, 2.24) is 4.98 Å². The average molecular weight is 294 g/mol. The number of aromatic nitrogens is 1. The summed E-state index contributed by atoms with van der Waals surface area (Å²) in [6.07, 6.45) is 5.02. The van der Waals surface area contributed by atoms with Crippen molar-refractivity contribution in [3.8, 4) is 0 Å². The Morgan fingerprint density at radius 2 is 1.62 bits per heavy atom. The summed E-state index contributed by atoms with van der Waals surface area (Å²) in [4.78, 5) is 4.08. The second kappa shape index (κ2) is 6.86. The Hall–Kier alpha value is 0.254. The molecule has 0 saturated heterocycles. The third kappa shape index (κ3) is 5.54. The Morgan fingerprint density at radius 1 is 1.12 bits per heavy atom. The quantitative estimate of drug-likeness (QED) is 0.812. The van der Waals surface area contributed by atoms with E-state index in [0.29, 0.717) is 17.3 Å². The Morgan fingerprint density at radius 3 is 2.00 bits per heavy atom. The van der Waals surface area contributed by atoms with Crippen LogP contribution in [-0.2, 0) is 32.7 Å². The third-order valence-corrected chi connectivity index (χ3v) is 2.77. The smallest absolute Gasteiger partial charge is 0.0270 e. The molecule has 0 amide bonds. The molecule has 0 aromatic carbocycles. The first-order valence-electron chi connectivity index (χ1n) is 5.80. The molecule has 0 aliphatic rings. The maximum atomic E-state index is 4.08. The number of hydrogen-bond donors (Lipinski definition) is 0. The van der Waals surface area contributed by atoms with Crippen LogP contribution in [0.2, 0.25) is 0 Å². The van der Waals surface area contributed by atoms with Crippen molar-refractivity contribution in [2.75, 3.05) is 0 Å². The van der Waals surface area contributed by atoms with Gasteiger partial charge in [-0.25, -0.2) is 0 Å². The standard InChI is InChI=1S/C14H23N.Y/c1-11(2)13(10-14(3,4)5)12-6-8-15-9-7-12;/h6-9,11,13H,10H2,1-5H3;.